The summed E-state index contributed by atoms with van der Waals surface area (Å²) in [6, 6.07) is 6.03. The van der Waals surface area contributed by atoms with Crippen LogP contribution >= 0.6 is 11.6 Å². The molecule has 100 valence electrons. The summed E-state index contributed by atoms with van der Waals surface area (Å²) in [7, 11) is 0. The first-order chi connectivity index (χ1) is 8.56. The molecule has 0 N–H and O–H groups in total. The van der Waals surface area contributed by atoms with Gasteiger partial charge in [-0.15, -0.1) is 11.6 Å². The second-order valence-corrected chi connectivity index (χ2v) is 6.06. The van der Waals surface area contributed by atoms with Crippen LogP contribution in [0, 0.1) is 11.8 Å². The Labute approximate surface area is 114 Å². The number of hydrogen-bond acceptors (Lipinski definition) is 2. The van der Waals surface area contributed by atoms with E-state index in [1.165, 1.54) is 0 Å². The molecule has 0 fully saturated rings. The molecule has 2 atom stereocenters. The third-order valence-electron chi connectivity index (χ3n) is 3.05. The lowest BCUT2D eigenvalue weighted by Crippen LogP contribution is -2.12. The van der Waals surface area contributed by atoms with Crippen LogP contribution in [0.15, 0.2) is 18.2 Å². The first kappa shape index (κ1) is 13.5. The topological polar surface area (TPSA) is 18.5 Å². The van der Waals surface area contributed by atoms with Gasteiger partial charge in [0, 0.05) is 5.92 Å². The molecule has 1 aliphatic rings. The van der Waals surface area contributed by atoms with E-state index in [0.29, 0.717) is 25.0 Å². The van der Waals surface area contributed by atoms with E-state index < -0.39 is 0 Å². The van der Waals surface area contributed by atoms with Crippen molar-refractivity contribution in [3.63, 3.8) is 0 Å². The number of hydrogen-bond donors (Lipinski definition) is 0. The highest BCUT2D eigenvalue weighted by Gasteiger charge is 2.17. The van der Waals surface area contributed by atoms with Crippen LogP contribution in [-0.4, -0.2) is 13.2 Å². The van der Waals surface area contributed by atoms with Gasteiger partial charge in [0.25, 0.3) is 0 Å². The first-order valence-electron chi connectivity index (χ1n) is 6.60. The van der Waals surface area contributed by atoms with Crippen molar-refractivity contribution in [1.29, 1.82) is 0 Å². The van der Waals surface area contributed by atoms with E-state index >= 15 is 0 Å². The van der Waals surface area contributed by atoms with E-state index in [4.69, 9.17) is 21.1 Å². The standard InChI is InChI=1S/C15H21ClO2/c1-10(2)6-13(16)12-4-5-14-15(7-12)18-9-11(3)8-17-14/h4-5,7,10-11,13H,6,8-9H2,1-3H3. The average Bonchev–Trinajstić information content (AvgIpc) is 2.50. The maximum Gasteiger partial charge on any atom is 0.161 e. The summed E-state index contributed by atoms with van der Waals surface area (Å²) in [6.07, 6.45) is 0.970. The molecule has 0 amide bonds. The van der Waals surface area contributed by atoms with E-state index in [0.717, 1.165) is 23.5 Å². The molecule has 0 saturated heterocycles. The molecule has 1 aliphatic heterocycles. The van der Waals surface area contributed by atoms with Gasteiger partial charge >= 0.3 is 0 Å². The third kappa shape index (κ3) is 3.32. The molecule has 2 unspecified atom stereocenters. The second kappa shape index (κ2) is 5.83. The fraction of sp³-hybridized carbons (Fsp3) is 0.600. The molecule has 1 aromatic rings. The van der Waals surface area contributed by atoms with Crippen molar-refractivity contribution < 1.29 is 9.47 Å². The van der Waals surface area contributed by atoms with E-state index in [-0.39, 0.29) is 5.38 Å². The smallest absolute Gasteiger partial charge is 0.161 e. The Morgan fingerprint density at radius 2 is 1.89 bits per heavy atom. The van der Waals surface area contributed by atoms with Crippen molar-refractivity contribution in [1.82, 2.24) is 0 Å². The highest BCUT2D eigenvalue weighted by atomic mass is 35.5. The summed E-state index contributed by atoms with van der Waals surface area (Å²) in [5, 5.41) is 0.0413. The van der Waals surface area contributed by atoms with Gasteiger partial charge < -0.3 is 9.47 Å². The van der Waals surface area contributed by atoms with Crippen LogP contribution in [-0.2, 0) is 0 Å². The van der Waals surface area contributed by atoms with Crippen LogP contribution in [0.4, 0.5) is 0 Å². The number of rotatable bonds is 3. The molecule has 0 saturated carbocycles. The number of halogens is 1. The SMILES string of the molecule is CC(C)CC(Cl)c1ccc2c(c1)OCC(C)CO2. The molecule has 2 nitrogen and oxygen atoms in total. The number of fused-ring (bicyclic) bond motifs is 1. The van der Waals surface area contributed by atoms with Crippen molar-refractivity contribution in [2.75, 3.05) is 13.2 Å². The lowest BCUT2D eigenvalue weighted by Gasteiger charge is -2.14. The minimum absolute atomic E-state index is 0.0413. The van der Waals surface area contributed by atoms with Crippen LogP contribution in [0.5, 0.6) is 11.5 Å². The molecule has 18 heavy (non-hydrogen) atoms. The zero-order valence-electron chi connectivity index (χ0n) is 11.3. The molecule has 0 aromatic heterocycles. The molecule has 3 heteroatoms. The Balaban J connectivity index is 2.16. The fourth-order valence-electron chi connectivity index (χ4n) is 2.01. The Hall–Kier alpha value is -0.890. The zero-order chi connectivity index (χ0) is 13.1. The molecule has 1 heterocycles. The summed E-state index contributed by atoms with van der Waals surface area (Å²) in [4.78, 5) is 0. The van der Waals surface area contributed by atoms with Gasteiger partial charge in [-0.1, -0.05) is 26.8 Å². The summed E-state index contributed by atoms with van der Waals surface area (Å²) in [5.74, 6) is 2.66. The predicted octanol–water partition coefficient (Wildman–Crippen LogP) is 4.42. The largest absolute Gasteiger partial charge is 0.489 e. The second-order valence-electron chi connectivity index (χ2n) is 5.53. The lowest BCUT2D eigenvalue weighted by atomic mass is 10.0. The monoisotopic (exact) mass is 268 g/mol. The quantitative estimate of drug-likeness (QED) is 0.756. The van der Waals surface area contributed by atoms with Gasteiger partial charge in [-0.3, -0.25) is 0 Å². The molecule has 0 radical (unpaired) electrons. The minimum Gasteiger partial charge on any atom is -0.489 e. The Morgan fingerprint density at radius 3 is 2.56 bits per heavy atom. The molecule has 0 bridgehead atoms. The summed E-state index contributed by atoms with van der Waals surface area (Å²) in [5.41, 5.74) is 1.11. The van der Waals surface area contributed by atoms with Gasteiger partial charge in [0.2, 0.25) is 0 Å². The maximum absolute atomic E-state index is 6.42. The molecule has 2 rings (SSSR count). The van der Waals surface area contributed by atoms with Crippen molar-refractivity contribution >= 4 is 11.6 Å². The van der Waals surface area contributed by atoms with Crippen LogP contribution in [0.2, 0.25) is 0 Å². The van der Waals surface area contributed by atoms with Crippen LogP contribution < -0.4 is 9.47 Å². The molecule has 0 spiro atoms. The van der Waals surface area contributed by atoms with Crippen LogP contribution in [0.3, 0.4) is 0 Å². The Bertz CT molecular complexity index is 403. The summed E-state index contributed by atoms with van der Waals surface area (Å²) in [6.45, 7) is 7.90. The molecular formula is C15H21ClO2. The molecular weight excluding hydrogens is 248 g/mol. The van der Waals surface area contributed by atoms with E-state index in [1.54, 1.807) is 0 Å². The predicted molar refractivity (Wildman–Crippen MR) is 74.6 cm³/mol. The lowest BCUT2D eigenvalue weighted by molar-refractivity contribution is 0.228. The summed E-state index contributed by atoms with van der Waals surface area (Å²) < 4.78 is 11.5. The Kier molecular flexibility index (Phi) is 4.39. The third-order valence-corrected chi connectivity index (χ3v) is 3.48. The van der Waals surface area contributed by atoms with Crippen LogP contribution in [0.25, 0.3) is 0 Å². The van der Waals surface area contributed by atoms with Gasteiger partial charge in [0.15, 0.2) is 11.5 Å². The Morgan fingerprint density at radius 1 is 1.22 bits per heavy atom. The summed E-state index contributed by atoms with van der Waals surface area (Å²) >= 11 is 6.42. The average molecular weight is 269 g/mol. The number of alkyl halides is 1. The van der Waals surface area contributed by atoms with E-state index in [2.05, 4.69) is 20.8 Å². The van der Waals surface area contributed by atoms with Crippen molar-refractivity contribution in [3.8, 4) is 11.5 Å². The highest BCUT2D eigenvalue weighted by Crippen LogP contribution is 2.36. The van der Waals surface area contributed by atoms with Gasteiger partial charge in [-0.2, -0.15) is 0 Å². The van der Waals surface area contributed by atoms with Crippen molar-refractivity contribution in [2.45, 2.75) is 32.6 Å². The van der Waals surface area contributed by atoms with Crippen molar-refractivity contribution in [3.05, 3.63) is 23.8 Å². The number of ether oxygens (including phenoxy) is 2. The maximum atomic E-state index is 6.42. The van der Waals surface area contributed by atoms with E-state index in [1.807, 2.05) is 18.2 Å². The number of benzene rings is 1. The van der Waals surface area contributed by atoms with Gasteiger partial charge in [-0.25, -0.2) is 0 Å². The van der Waals surface area contributed by atoms with E-state index in [9.17, 15) is 0 Å². The van der Waals surface area contributed by atoms with Gasteiger partial charge in [0.05, 0.1) is 18.6 Å². The minimum atomic E-state index is 0.0413. The highest BCUT2D eigenvalue weighted by molar-refractivity contribution is 6.20. The molecule has 0 aliphatic carbocycles. The zero-order valence-corrected chi connectivity index (χ0v) is 12.0. The first-order valence-corrected chi connectivity index (χ1v) is 7.03. The van der Waals surface area contributed by atoms with Gasteiger partial charge in [0.1, 0.15) is 0 Å². The van der Waals surface area contributed by atoms with Crippen LogP contribution in [0.1, 0.15) is 38.1 Å². The molecule has 1 aromatic carbocycles. The van der Waals surface area contributed by atoms with Crippen molar-refractivity contribution in [2.24, 2.45) is 11.8 Å². The normalized spacial score (nSPS) is 20.6. The fourth-order valence-corrected chi connectivity index (χ4v) is 2.51. The van der Waals surface area contributed by atoms with Gasteiger partial charge in [-0.05, 0) is 30.0 Å².